The smallest absolute Gasteiger partial charge is 0.118 e. The van der Waals surface area contributed by atoms with Crippen molar-refractivity contribution in [1.29, 1.82) is 0 Å². The summed E-state index contributed by atoms with van der Waals surface area (Å²) in [5, 5.41) is 18.3. The summed E-state index contributed by atoms with van der Waals surface area (Å²) in [7, 11) is 0. The number of phenols is 2. The lowest BCUT2D eigenvalue weighted by atomic mass is 10.0. The fourth-order valence-corrected chi connectivity index (χ4v) is 1.68. The molecular weight excluding hydrogens is 236 g/mol. The number of hydrogen-bond donors (Lipinski definition) is 2. The molecule has 0 radical (unpaired) electrons. The minimum absolute atomic E-state index is 0.384. The Hall–Kier alpha value is -1.96. The van der Waals surface area contributed by atoms with E-state index in [1.54, 1.807) is 12.1 Å². The Kier molecular flexibility index (Phi) is 4.99. The summed E-state index contributed by atoms with van der Waals surface area (Å²) in [6.45, 7) is 9.88. The Bertz CT molecular complexity index is 524. The standard InChI is InChI=1S/C9H12O.C8H10O/c1-6-4-5-9(10)8(3)7(6)2;1-6-4-3-5-8(9)7(6)2/h4-5,10H,1-3H3;3-5,9H,1-2H3. The molecule has 102 valence electrons. The molecule has 0 aromatic heterocycles. The van der Waals surface area contributed by atoms with Gasteiger partial charge in [0.25, 0.3) is 0 Å². The normalized spacial score (nSPS) is 9.74. The molecule has 0 unspecified atom stereocenters. The average molecular weight is 258 g/mol. The third kappa shape index (κ3) is 3.75. The lowest BCUT2D eigenvalue weighted by molar-refractivity contribution is 0.470. The van der Waals surface area contributed by atoms with E-state index >= 15 is 0 Å². The molecule has 0 aliphatic rings. The van der Waals surface area contributed by atoms with Gasteiger partial charge in [0.2, 0.25) is 0 Å². The van der Waals surface area contributed by atoms with Crippen molar-refractivity contribution in [3.63, 3.8) is 0 Å². The summed E-state index contributed by atoms with van der Waals surface area (Å²) in [4.78, 5) is 0. The maximum absolute atomic E-state index is 9.22. The van der Waals surface area contributed by atoms with Gasteiger partial charge in [0.1, 0.15) is 11.5 Å². The van der Waals surface area contributed by atoms with Gasteiger partial charge in [-0.25, -0.2) is 0 Å². The SMILES string of the molecule is Cc1ccc(O)c(C)c1C.Cc1cccc(O)c1C. The first-order valence-electron chi connectivity index (χ1n) is 6.35. The summed E-state index contributed by atoms with van der Waals surface area (Å²) < 4.78 is 0. The van der Waals surface area contributed by atoms with Crippen molar-refractivity contribution >= 4 is 0 Å². The largest absolute Gasteiger partial charge is 0.508 e. The van der Waals surface area contributed by atoms with Gasteiger partial charge < -0.3 is 10.2 Å². The highest BCUT2D eigenvalue weighted by atomic mass is 16.3. The van der Waals surface area contributed by atoms with Crippen molar-refractivity contribution in [2.75, 3.05) is 0 Å². The van der Waals surface area contributed by atoms with Crippen molar-refractivity contribution in [3.05, 3.63) is 58.1 Å². The Labute approximate surface area is 115 Å². The second kappa shape index (κ2) is 6.28. The van der Waals surface area contributed by atoms with Crippen LogP contribution in [0.1, 0.15) is 27.8 Å². The van der Waals surface area contributed by atoms with E-state index < -0.39 is 0 Å². The molecule has 0 bridgehead atoms. The molecule has 0 amide bonds. The van der Waals surface area contributed by atoms with E-state index in [0.29, 0.717) is 11.5 Å². The lowest BCUT2D eigenvalue weighted by Gasteiger charge is -2.04. The van der Waals surface area contributed by atoms with Gasteiger partial charge in [-0.15, -0.1) is 0 Å². The molecule has 2 aromatic carbocycles. The van der Waals surface area contributed by atoms with Gasteiger partial charge in [-0.1, -0.05) is 18.2 Å². The maximum atomic E-state index is 9.22. The van der Waals surface area contributed by atoms with Gasteiger partial charge in [-0.2, -0.15) is 0 Å². The monoisotopic (exact) mass is 258 g/mol. The fraction of sp³-hybridized carbons (Fsp3) is 0.294. The molecule has 0 saturated carbocycles. The third-order valence-corrected chi connectivity index (χ3v) is 3.61. The molecule has 0 spiro atoms. The molecule has 19 heavy (non-hydrogen) atoms. The Balaban J connectivity index is 0.000000191. The van der Waals surface area contributed by atoms with Gasteiger partial charge in [0, 0.05) is 0 Å². The molecule has 2 rings (SSSR count). The Morgan fingerprint density at radius 3 is 1.58 bits per heavy atom. The zero-order chi connectivity index (χ0) is 14.6. The second-order valence-electron chi connectivity index (χ2n) is 4.87. The van der Waals surface area contributed by atoms with Crippen LogP contribution < -0.4 is 0 Å². The molecule has 0 aliphatic heterocycles. The van der Waals surface area contributed by atoms with E-state index in [9.17, 15) is 5.11 Å². The van der Waals surface area contributed by atoms with Crippen LogP contribution in [0.3, 0.4) is 0 Å². The van der Waals surface area contributed by atoms with E-state index in [0.717, 1.165) is 16.7 Å². The highest BCUT2D eigenvalue weighted by Gasteiger charge is 1.99. The quantitative estimate of drug-likeness (QED) is 0.738. The van der Waals surface area contributed by atoms with Gasteiger partial charge in [-0.05, 0) is 74.6 Å². The van der Waals surface area contributed by atoms with Crippen LogP contribution in [0.15, 0.2) is 30.3 Å². The van der Waals surface area contributed by atoms with Crippen LogP contribution in [-0.2, 0) is 0 Å². The first-order chi connectivity index (χ1) is 8.84. The molecule has 0 saturated heterocycles. The van der Waals surface area contributed by atoms with E-state index in [1.807, 2.05) is 52.8 Å². The van der Waals surface area contributed by atoms with Gasteiger partial charge >= 0.3 is 0 Å². The lowest BCUT2D eigenvalue weighted by Crippen LogP contribution is -1.85. The Morgan fingerprint density at radius 2 is 1.11 bits per heavy atom. The number of aromatic hydroxyl groups is 2. The predicted octanol–water partition coefficient (Wildman–Crippen LogP) is 4.33. The molecule has 2 heteroatoms. The molecule has 2 N–H and O–H groups in total. The predicted molar refractivity (Wildman–Crippen MR) is 79.9 cm³/mol. The number of hydrogen-bond acceptors (Lipinski definition) is 2. The van der Waals surface area contributed by atoms with Crippen molar-refractivity contribution in [3.8, 4) is 11.5 Å². The molecule has 0 heterocycles. The molecule has 0 atom stereocenters. The highest BCUT2D eigenvalue weighted by molar-refractivity contribution is 5.41. The van der Waals surface area contributed by atoms with E-state index in [-0.39, 0.29) is 0 Å². The number of phenolic OH excluding ortho intramolecular Hbond substituents is 2. The van der Waals surface area contributed by atoms with Crippen molar-refractivity contribution in [2.24, 2.45) is 0 Å². The summed E-state index contributed by atoms with van der Waals surface area (Å²) in [5.41, 5.74) is 5.50. The number of rotatable bonds is 0. The fourth-order valence-electron chi connectivity index (χ4n) is 1.68. The average Bonchev–Trinajstić information content (AvgIpc) is 2.39. The number of aryl methyl sites for hydroxylation is 2. The van der Waals surface area contributed by atoms with Crippen molar-refractivity contribution in [1.82, 2.24) is 0 Å². The van der Waals surface area contributed by atoms with E-state index in [2.05, 4.69) is 0 Å². The first-order valence-corrected chi connectivity index (χ1v) is 6.35. The summed E-state index contributed by atoms with van der Waals surface area (Å²) in [6.07, 6.45) is 0. The van der Waals surface area contributed by atoms with Crippen molar-refractivity contribution in [2.45, 2.75) is 34.6 Å². The first kappa shape index (κ1) is 15.1. The maximum Gasteiger partial charge on any atom is 0.118 e. The molecule has 2 nitrogen and oxygen atoms in total. The van der Waals surface area contributed by atoms with Crippen LogP contribution in [0.25, 0.3) is 0 Å². The number of benzene rings is 2. The summed E-state index contributed by atoms with van der Waals surface area (Å²) >= 11 is 0. The second-order valence-corrected chi connectivity index (χ2v) is 4.87. The van der Waals surface area contributed by atoms with Gasteiger partial charge in [0.05, 0.1) is 0 Å². The molecule has 0 aliphatic carbocycles. The van der Waals surface area contributed by atoms with Crippen LogP contribution in [0, 0.1) is 34.6 Å². The minimum Gasteiger partial charge on any atom is -0.508 e. The molecule has 2 aromatic rings. The zero-order valence-electron chi connectivity index (χ0n) is 12.3. The Morgan fingerprint density at radius 1 is 0.579 bits per heavy atom. The topological polar surface area (TPSA) is 40.5 Å². The molecule has 0 fully saturated rings. The summed E-state index contributed by atoms with van der Waals surface area (Å²) in [5.74, 6) is 0.776. The van der Waals surface area contributed by atoms with Crippen LogP contribution >= 0.6 is 0 Å². The van der Waals surface area contributed by atoms with Crippen LogP contribution in [0.5, 0.6) is 11.5 Å². The summed E-state index contributed by atoms with van der Waals surface area (Å²) in [6, 6.07) is 9.18. The highest BCUT2D eigenvalue weighted by Crippen LogP contribution is 2.21. The van der Waals surface area contributed by atoms with Gasteiger partial charge in [0.15, 0.2) is 0 Å². The molecular formula is C17H22O2. The van der Waals surface area contributed by atoms with Crippen LogP contribution in [0.4, 0.5) is 0 Å². The van der Waals surface area contributed by atoms with E-state index in [4.69, 9.17) is 5.11 Å². The van der Waals surface area contributed by atoms with Crippen molar-refractivity contribution < 1.29 is 10.2 Å². The zero-order valence-corrected chi connectivity index (χ0v) is 12.3. The van der Waals surface area contributed by atoms with Crippen LogP contribution in [-0.4, -0.2) is 10.2 Å². The van der Waals surface area contributed by atoms with Crippen LogP contribution in [0.2, 0.25) is 0 Å². The van der Waals surface area contributed by atoms with Gasteiger partial charge in [-0.3, -0.25) is 0 Å². The minimum atomic E-state index is 0.384. The third-order valence-electron chi connectivity index (χ3n) is 3.61. The van der Waals surface area contributed by atoms with E-state index in [1.165, 1.54) is 11.1 Å².